The lowest BCUT2D eigenvalue weighted by atomic mass is 9.96. The molecule has 2 heterocycles. The zero-order chi connectivity index (χ0) is 27.1. The average Bonchev–Trinajstić information content (AvgIpc) is 3.02. The number of hydrogen-bond donors (Lipinski definition) is 0. The Hall–Kier alpha value is -4.06. The van der Waals surface area contributed by atoms with E-state index in [2.05, 4.69) is 106 Å². The largest absolute Gasteiger partial charge is 0.302 e. The van der Waals surface area contributed by atoms with Crippen molar-refractivity contribution in [3.8, 4) is 0 Å². The first-order valence-corrected chi connectivity index (χ1v) is 14.3. The third-order valence-electron chi connectivity index (χ3n) is 8.17. The highest BCUT2D eigenvalue weighted by Gasteiger charge is 2.26. The van der Waals surface area contributed by atoms with Gasteiger partial charge in [-0.2, -0.15) is 0 Å². The van der Waals surface area contributed by atoms with Crippen molar-refractivity contribution >= 4 is 10.9 Å². The summed E-state index contributed by atoms with van der Waals surface area (Å²) >= 11 is 0. The van der Waals surface area contributed by atoms with Crippen LogP contribution in [0, 0.1) is 0 Å². The minimum atomic E-state index is 0.0756. The van der Waals surface area contributed by atoms with Crippen molar-refractivity contribution in [1.29, 1.82) is 0 Å². The first-order chi connectivity index (χ1) is 19.8. The van der Waals surface area contributed by atoms with Crippen LogP contribution >= 0.6 is 0 Å². The number of rotatable bonds is 9. The zero-order valence-corrected chi connectivity index (χ0v) is 22.8. The van der Waals surface area contributed by atoms with Crippen molar-refractivity contribution in [3.63, 3.8) is 0 Å². The van der Waals surface area contributed by atoms with Gasteiger partial charge in [-0.15, -0.1) is 0 Å². The Morgan fingerprint density at radius 3 is 1.98 bits per heavy atom. The summed E-state index contributed by atoms with van der Waals surface area (Å²) in [5, 5.41) is 0.705. The minimum absolute atomic E-state index is 0.0756. The van der Waals surface area contributed by atoms with Crippen LogP contribution in [0.2, 0.25) is 0 Å². The molecule has 1 aliphatic heterocycles. The summed E-state index contributed by atoms with van der Waals surface area (Å²) in [5.41, 5.74) is 4.79. The summed E-state index contributed by atoms with van der Waals surface area (Å²) in [4.78, 5) is 22.9. The zero-order valence-electron chi connectivity index (χ0n) is 22.8. The fourth-order valence-electron chi connectivity index (χ4n) is 6.04. The van der Waals surface area contributed by atoms with Crippen LogP contribution in [0.3, 0.4) is 0 Å². The lowest BCUT2D eigenvalue weighted by Gasteiger charge is -2.37. The predicted molar refractivity (Wildman–Crippen MR) is 162 cm³/mol. The van der Waals surface area contributed by atoms with Crippen LogP contribution in [0.4, 0.5) is 0 Å². The molecular weight excluding hydrogens is 492 g/mol. The van der Waals surface area contributed by atoms with Gasteiger partial charge in [0.05, 0.1) is 23.3 Å². The lowest BCUT2D eigenvalue weighted by Crippen LogP contribution is -2.42. The highest BCUT2D eigenvalue weighted by molar-refractivity contribution is 5.76. The maximum atomic E-state index is 13.1. The molecule has 0 aliphatic carbocycles. The molecule has 0 atom stereocenters. The molecule has 1 fully saturated rings. The Bertz CT molecular complexity index is 1520. The van der Waals surface area contributed by atoms with Gasteiger partial charge in [0.1, 0.15) is 0 Å². The second-order valence-electron chi connectivity index (χ2n) is 10.7. The molecule has 5 heteroatoms. The molecule has 5 aromatic rings. The smallest absolute Gasteiger partial charge is 0.261 e. The van der Waals surface area contributed by atoms with Crippen LogP contribution in [-0.4, -0.2) is 45.5 Å². The first-order valence-electron chi connectivity index (χ1n) is 14.3. The van der Waals surface area contributed by atoms with E-state index in [0.29, 0.717) is 5.39 Å². The van der Waals surface area contributed by atoms with E-state index >= 15 is 0 Å². The van der Waals surface area contributed by atoms with Gasteiger partial charge in [-0.1, -0.05) is 103 Å². The molecule has 0 amide bonds. The van der Waals surface area contributed by atoms with Gasteiger partial charge < -0.3 is 4.90 Å². The molecule has 1 saturated heterocycles. The summed E-state index contributed by atoms with van der Waals surface area (Å²) in [6.07, 6.45) is 3.66. The third-order valence-corrected chi connectivity index (χ3v) is 8.17. The molecule has 1 aliphatic rings. The molecule has 4 aromatic carbocycles. The number of fused-ring (bicyclic) bond motifs is 1. The SMILES string of the molecule is O=c1c2ccccc2ncn1C1CCN(CCN(Cc2ccccc2)C(c2ccccc2)c2ccccc2)CC1. The first kappa shape index (κ1) is 26.2. The summed E-state index contributed by atoms with van der Waals surface area (Å²) in [5.74, 6) is 0. The van der Waals surface area contributed by atoms with Gasteiger partial charge in [-0.3, -0.25) is 14.3 Å². The van der Waals surface area contributed by atoms with Crippen molar-refractivity contribution in [1.82, 2.24) is 19.4 Å². The predicted octanol–water partition coefficient (Wildman–Crippen LogP) is 6.33. The summed E-state index contributed by atoms with van der Waals surface area (Å²) < 4.78 is 1.86. The van der Waals surface area contributed by atoms with Gasteiger partial charge in [-0.25, -0.2) is 4.98 Å². The summed E-state index contributed by atoms with van der Waals surface area (Å²) in [6, 6.07) is 40.5. The Balaban J connectivity index is 1.19. The molecule has 40 heavy (non-hydrogen) atoms. The Labute approximate surface area is 236 Å². The maximum absolute atomic E-state index is 13.1. The molecule has 0 bridgehead atoms. The van der Waals surface area contributed by atoms with Gasteiger partial charge in [0.2, 0.25) is 0 Å². The van der Waals surface area contributed by atoms with Crippen LogP contribution < -0.4 is 5.56 Å². The summed E-state index contributed by atoms with van der Waals surface area (Å²) in [7, 11) is 0. The Morgan fingerprint density at radius 2 is 1.32 bits per heavy atom. The van der Waals surface area contributed by atoms with Gasteiger partial charge in [0.15, 0.2) is 0 Å². The van der Waals surface area contributed by atoms with E-state index in [4.69, 9.17) is 0 Å². The number of benzene rings is 4. The molecule has 0 spiro atoms. The van der Waals surface area contributed by atoms with E-state index < -0.39 is 0 Å². The van der Waals surface area contributed by atoms with Crippen molar-refractivity contribution < 1.29 is 0 Å². The molecule has 0 radical (unpaired) electrons. The quantitative estimate of drug-likeness (QED) is 0.224. The molecule has 0 saturated carbocycles. The standard InChI is InChI=1S/C35H36N4O/c40-35-32-18-10-11-19-33(32)36-27-39(35)31-20-22-37(23-21-31)24-25-38(26-28-12-4-1-5-13-28)34(29-14-6-2-7-15-29)30-16-8-3-9-17-30/h1-19,27,31,34H,20-26H2. The topological polar surface area (TPSA) is 41.4 Å². The number of para-hydroxylation sites is 1. The van der Waals surface area contributed by atoms with Crippen LogP contribution in [0.15, 0.2) is 126 Å². The second kappa shape index (κ2) is 12.4. The minimum Gasteiger partial charge on any atom is -0.302 e. The highest BCUT2D eigenvalue weighted by Crippen LogP contribution is 2.30. The third kappa shape index (κ3) is 5.91. The molecule has 0 N–H and O–H groups in total. The molecule has 5 nitrogen and oxygen atoms in total. The Morgan fingerprint density at radius 1 is 0.750 bits per heavy atom. The van der Waals surface area contributed by atoms with E-state index in [0.717, 1.165) is 51.1 Å². The lowest BCUT2D eigenvalue weighted by molar-refractivity contribution is 0.139. The number of likely N-dealkylation sites (tertiary alicyclic amines) is 1. The van der Waals surface area contributed by atoms with Crippen LogP contribution in [0.5, 0.6) is 0 Å². The number of piperidine rings is 1. The molecular formula is C35H36N4O. The average molecular weight is 529 g/mol. The van der Waals surface area contributed by atoms with Crippen LogP contribution in [0.1, 0.15) is 41.6 Å². The second-order valence-corrected chi connectivity index (χ2v) is 10.7. The fourth-order valence-corrected chi connectivity index (χ4v) is 6.04. The van der Waals surface area contributed by atoms with E-state index in [-0.39, 0.29) is 17.6 Å². The van der Waals surface area contributed by atoms with E-state index in [9.17, 15) is 4.79 Å². The molecule has 1 aromatic heterocycles. The normalized spacial score (nSPS) is 14.8. The van der Waals surface area contributed by atoms with Gasteiger partial charge in [-0.05, 0) is 41.7 Å². The van der Waals surface area contributed by atoms with Crippen molar-refractivity contribution in [2.75, 3.05) is 26.2 Å². The van der Waals surface area contributed by atoms with E-state index in [1.54, 1.807) is 6.33 Å². The van der Waals surface area contributed by atoms with Gasteiger partial charge >= 0.3 is 0 Å². The van der Waals surface area contributed by atoms with Crippen molar-refractivity contribution in [2.24, 2.45) is 0 Å². The van der Waals surface area contributed by atoms with Crippen LogP contribution in [-0.2, 0) is 6.54 Å². The maximum Gasteiger partial charge on any atom is 0.261 e. The number of nitrogens with zero attached hydrogens (tertiary/aromatic N) is 4. The molecule has 0 unspecified atom stereocenters. The van der Waals surface area contributed by atoms with Crippen molar-refractivity contribution in [2.45, 2.75) is 31.5 Å². The fraction of sp³-hybridized carbons (Fsp3) is 0.257. The van der Waals surface area contributed by atoms with Crippen molar-refractivity contribution in [3.05, 3.63) is 149 Å². The molecule has 202 valence electrons. The van der Waals surface area contributed by atoms with Crippen LogP contribution in [0.25, 0.3) is 10.9 Å². The summed E-state index contributed by atoms with van der Waals surface area (Å²) in [6.45, 7) is 4.77. The monoisotopic (exact) mass is 528 g/mol. The number of aromatic nitrogens is 2. The van der Waals surface area contributed by atoms with E-state index in [1.807, 2.05) is 28.8 Å². The number of hydrogen-bond acceptors (Lipinski definition) is 4. The Kier molecular flexibility index (Phi) is 8.12. The highest BCUT2D eigenvalue weighted by atomic mass is 16.1. The molecule has 6 rings (SSSR count). The van der Waals surface area contributed by atoms with E-state index in [1.165, 1.54) is 16.7 Å². The van der Waals surface area contributed by atoms with Gasteiger partial charge in [0, 0.05) is 38.8 Å². The van der Waals surface area contributed by atoms with Gasteiger partial charge in [0.25, 0.3) is 5.56 Å².